The Morgan fingerprint density at radius 2 is 1.88 bits per heavy atom. The van der Waals surface area contributed by atoms with E-state index in [0.29, 0.717) is 6.61 Å². The van der Waals surface area contributed by atoms with E-state index in [1.54, 1.807) is 0 Å². The van der Waals surface area contributed by atoms with Crippen molar-refractivity contribution in [2.45, 2.75) is 70.2 Å². The quantitative estimate of drug-likeness (QED) is 0.606. The minimum absolute atomic E-state index is 0.0283. The van der Waals surface area contributed by atoms with Gasteiger partial charge in [-0.25, -0.2) is 0 Å². The first-order chi connectivity index (χ1) is 11.2. The summed E-state index contributed by atoms with van der Waals surface area (Å²) in [4.78, 5) is 0. The van der Waals surface area contributed by atoms with Gasteiger partial charge in [-0.2, -0.15) is 0 Å². The van der Waals surface area contributed by atoms with Gasteiger partial charge in [-0.05, 0) is 30.1 Å². The molecule has 1 aliphatic carbocycles. The van der Waals surface area contributed by atoms with Gasteiger partial charge >= 0.3 is 0 Å². The highest BCUT2D eigenvalue weighted by Crippen LogP contribution is 2.41. The van der Waals surface area contributed by atoms with Crippen LogP contribution in [0.4, 0.5) is 0 Å². The monoisotopic (exact) mass is 348 g/mol. The molecule has 0 spiro atoms. The summed E-state index contributed by atoms with van der Waals surface area (Å²) in [6.45, 7) is 15.5. The molecule has 1 aromatic carbocycles. The number of aliphatic hydroxyl groups is 1. The Bertz CT molecular complexity index is 536. The van der Waals surface area contributed by atoms with Crippen LogP contribution in [-0.2, 0) is 15.8 Å². The Hall–Kier alpha value is -0.943. The smallest absolute Gasteiger partial charge is 0.192 e. The van der Waals surface area contributed by atoms with Crippen LogP contribution in [0.3, 0.4) is 0 Å². The molecule has 24 heavy (non-hydrogen) atoms. The van der Waals surface area contributed by atoms with Crippen LogP contribution in [0.25, 0.3) is 0 Å². The van der Waals surface area contributed by atoms with E-state index in [0.717, 1.165) is 12.0 Å². The molecule has 1 N–H and O–H groups in total. The maximum absolute atomic E-state index is 10.7. The summed E-state index contributed by atoms with van der Waals surface area (Å²) in [6.07, 6.45) is 1.67. The Kier molecular flexibility index (Phi) is 6.08. The molecule has 134 valence electrons. The molecule has 1 aliphatic rings. The molecule has 4 heteroatoms. The lowest BCUT2D eigenvalue weighted by Gasteiger charge is -2.40. The largest absolute Gasteiger partial charge is 0.409 e. The minimum Gasteiger partial charge on any atom is -0.409 e. The first-order valence-corrected chi connectivity index (χ1v) is 11.7. The summed E-state index contributed by atoms with van der Waals surface area (Å²) in [5.74, 6) is 0.0283. The van der Waals surface area contributed by atoms with E-state index in [9.17, 15) is 5.11 Å². The zero-order valence-electron chi connectivity index (χ0n) is 15.7. The van der Waals surface area contributed by atoms with Gasteiger partial charge in [0.1, 0.15) is 0 Å². The normalized spacial score (nSPS) is 28.1. The van der Waals surface area contributed by atoms with E-state index in [-0.39, 0.29) is 23.2 Å². The summed E-state index contributed by atoms with van der Waals surface area (Å²) in [5, 5.41) is 10.8. The molecule has 0 aliphatic heterocycles. The van der Waals surface area contributed by atoms with Crippen molar-refractivity contribution in [3.05, 3.63) is 48.6 Å². The third-order valence-corrected chi connectivity index (χ3v) is 9.97. The van der Waals surface area contributed by atoms with Gasteiger partial charge in [0.2, 0.25) is 0 Å². The summed E-state index contributed by atoms with van der Waals surface area (Å²) in [7, 11) is -1.98. The molecule has 0 amide bonds. The van der Waals surface area contributed by atoms with Crippen molar-refractivity contribution >= 4 is 8.32 Å². The molecule has 0 bridgehead atoms. The van der Waals surface area contributed by atoms with Gasteiger partial charge in [-0.3, -0.25) is 0 Å². The van der Waals surface area contributed by atoms with Crippen LogP contribution in [0, 0.1) is 5.92 Å². The van der Waals surface area contributed by atoms with Gasteiger partial charge in [0.15, 0.2) is 8.32 Å². The molecule has 4 atom stereocenters. The van der Waals surface area contributed by atoms with Crippen molar-refractivity contribution < 1.29 is 14.3 Å². The number of rotatable bonds is 6. The average molecular weight is 349 g/mol. The van der Waals surface area contributed by atoms with Gasteiger partial charge in [0.05, 0.1) is 24.9 Å². The third kappa shape index (κ3) is 4.36. The standard InChI is InChI=1S/C20H32O3Si/c1-7-16-13-17(22-14-15-11-9-8-10-12-15)19(18(16)21)23-24(5,6)20(2,3)4/h7-12,16-19,21H,1,13-14H2,2-6H3/t16-,17-,18-,19-/m0/s1. The molecule has 3 nitrogen and oxygen atoms in total. The number of hydrogen-bond donors (Lipinski definition) is 1. The van der Waals surface area contributed by atoms with Crippen molar-refractivity contribution in [2.75, 3.05) is 0 Å². The van der Waals surface area contributed by atoms with Crippen LogP contribution < -0.4 is 0 Å². The Morgan fingerprint density at radius 1 is 1.25 bits per heavy atom. The summed E-state index contributed by atoms with van der Waals surface area (Å²) >= 11 is 0. The number of benzene rings is 1. The molecule has 0 unspecified atom stereocenters. The van der Waals surface area contributed by atoms with Gasteiger partial charge in [0, 0.05) is 5.92 Å². The maximum Gasteiger partial charge on any atom is 0.192 e. The molecule has 0 radical (unpaired) electrons. The SMILES string of the molecule is C=C[C@H]1C[C@H](OCc2ccccc2)[C@H](O[Si](C)(C)C(C)(C)C)[C@H]1O. The van der Waals surface area contributed by atoms with E-state index < -0.39 is 14.4 Å². The van der Waals surface area contributed by atoms with Crippen molar-refractivity contribution in [3.8, 4) is 0 Å². The molecule has 1 aromatic rings. The zero-order valence-corrected chi connectivity index (χ0v) is 16.7. The topological polar surface area (TPSA) is 38.7 Å². The van der Waals surface area contributed by atoms with Crippen LogP contribution in [0.15, 0.2) is 43.0 Å². The second kappa shape index (κ2) is 7.52. The average Bonchev–Trinajstić information content (AvgIpc) is 2.81. The number of aliphatic hydroxyl groups excluding tert-OH is 1. The van der Waals surface area contributed by atoms with Gasteiger partial charge < -0.3 is 14.3 Å². The van der Waals surface area contributed by atoms with Crippen molar-refractivity contribution in [2.24, 2.45) is 5.92 Å². The second-order valence-electron chi connectivity index (χ2n) is 8.30. The highest BCUT2D eigenvalue weighted by Gasteiger charge is 2.48. The first-order valence-electron chi connectivity index (χ1n) is 8.79. The molecule has 0 saturated heterocycles. The molecule has 0 heterocycles. The van der Waals surface area contributed by atoms with Crippen LogP contribution in [-0.4, -0.2) is 31.7 Å². The van der Waals surface area contributed by atoms with Crippen molar-refractivity contribution in [1.82, 2.24) is 0 Å². The molecule has 2 rings (SSSR count). The minimum atomic E-state index is -1.98. The van der Waals surface area contributed by atoms with E-state index in [1.165, 1.54) is 0 Å². The summed E-state index contributed by atoms with van der Waals surface area (Å²) in [6, 6.07) is 10.1. The molecular weight excluding hydrogens is 316 g/mol. The van der Waals surface area contributed by atoms with Crippen molar-refractivity contribution in [1.29, 1.82) is 0 Å². The van der Waals surface area contributed by atoms with Crippen LogP contribution >= 0.6 is 0 Å². The Labute approximate surface area is 147 Å². The molecular formula is C20H32O3Si. The number of ether oxygens (including phenoxy) is 1. The van der Waals surface area contributed by atoms with Crippen molar-refractivity contribution in [3.63, 3.8) is 0 Å². The lowest BCUT2D eigenvalue weighted by Crippen LogP contribution is -2.49. The summed E-state index contributed by atoms with van der Waals surface area (Å²) < 4.78 is 12.7. The van der Waals surface area contributed by atoms with Crippen LogP contribution in [0.5, 0.6) is 0 Å². The highest BCUT2D eigenvalue weighted by molar-refractivity contribution is 6.74. The highest BCUT2D eigenvalue weighted by atomic mass is 28.4. The Balaban J connectivity index is 2.10. The third-order valence-electron chi connectivity index (χ3n) is 5.49. The predicted molar refractivity (Wildman–Crippen MR) is 101 cm³/mol. The lowest BCUT2D eigenvalue weighted by atomic mass is 10.1. The molecule has 0 aromatic heterocycles. The zero-order chi connectivity index (χ0) is 18.0. The van der Waals surface area contributed by atoms with E-state index in [2.05, 4.69) is 52.6 Å². The summed E-state index contributed by atoms with van der Waals surface area (Å²) in [5.41, 5.74) is 1.14. The molecule has 1 saturated carbocycles. The maximum atomic E-state index is 10.7. The van der Waals surface area contributed by atoms with E-state index >= 15 is 0 Å². The van der Waals surface area contributed by atoms with E-state index in [1.807, 2.05) is 24.3 Å². The predicted octanol–water partition coefficient (Wildman–Crippen LogP) is 4.53. The molecule has 1 fully saturated rings. The van der Waals surface area contributed by atoms with Crippen LogP contribution in [0.1, 0.15) is 32.8 Å². The fraction of sp³-hybridized carbons (Fsp3) is 0.600. The van der Waals surface area contributed by atoms with Gasteiger partial charge in [-0.15, -0.1) is 6.58 Å². The fourth-order valence-electron chi connectivity index (χ4n) is 2.84. The first kappa shape index (κ1) is 19.4. The Morgan fingerprint density at radius 3 is 2.42 bits per heavy atom. The van der Waals surface area contributed by atoms with Crippen LogP contribution in [0.2, 0.25) is 18.1 Å². The van der Waals surface area contributed by atoms with E-state index in [4.69, 9.17) is 9.16 Å². The lowest BCUT2D eigenvalue weighted by molar-refractivity contribution is -0.0549. The van der Waals surface area contributed by atoms with Gasteiger partial charge in [0.25, 0.3) is 0 Å². The van der Waals surface area contributed by atoms with Gasteiger partial charge in [-0.1, -0.05) is 57.2 Å². The fourth-order valence-corrected chi connectivity index (χ4v) is 4.17. The number of hydrogen-bond acceptors (Lipinski definition) is 3. The second-order valence-corrected chi connectivity index (χ2v) is 13.1.